The van der Waals surface area contributed by atoms with Crippen LogP contribution >= 0.6 is 0 Å². The molecule has 0 bridgehead atoms. The standard InChI is InChI=1S/C2H7N.Cu.H2O4S/c1-3-2;;1-5(2,3)4/h3H,1-2H3;;(H2,1,2,3,4)/q;+2;/p-2. The third-order valence-corrected chi connectivity index (χ3v) is 0. The molecule has 0 spiro atoms. The average molecular weight is 205 g/mol. The van der Waals surface area contributed by atoms with Gasteiger partial charge < -0.3 is 14.4 Å². The minimum atomic E-state index is -5.17. The van der Waals surface area contributed by atoms with Gasteiger partial charge in [0.2, 0.25) is 0 Å². The van der Waals surface area contributed by atoms with Crippen LogP contribution in [0.25, 0.3) is 0 Å². The summed E-state index contributed by atoms with van der Waals surface area (Å²) in [5, 5.41) is 2.75. The van der Waals surface area contributed by atoms with Crippen LogP contribution in [0.1, 0.15) is 0 Å². The van der Waals surface area contributed by atoms with Crippen LogP contribution in [0.15, 0.2) is 0 Å². The molecule has 0 aromatic carbocycles. The summed E-state index contributed by atoms with van der Waals surface area (Å²) in [6, 6.07) is 0. The Balaban J connectivity index is -0.0000000800. The van der Waals surface area contributed by atoms with Crippen LogP contribution < -0.4 is 5.32 Å². The molecule has 0 saturated heterocycles. The molecule has 1 N–H and O–H groups in total. The van der Waals surface area contributed by atoms with E-state index in [4.69, 9.17) is 17.5 Å². The van der Waals surface area contributed by atoms with Crippen LogP contribution in [0.3, 0.4) is 0 Å². The molecule has 0 atom stereocenters. The Morgan fingerprint density at radius 1 is 1.22 bits per heavy atom. The fraction of sp³-hybridized carbons (Fsp3) is 1.00. The molecule has 0 fully saturated rings. The van der Waals surface area contributed by atoms with E-state index in [-0.39, 0.29) is 17.1 Å². The number of rotatable bonds is 0. The first-order chi connectivity index (χ1) is 3.41. The van der Waals surface area contributed by atoms with Gasteiger partial charge in [-0.05, 0) is 14.1 Å². The summed E-state index contributed by atoms with van der Waals surface area (Å²) < 4.78 is 34.1. The third kappa shape index (κ3) is 2760. The van der Waals surface area contributed by atoms with Gasteiger partial charge in [-0.3, -0.25) is 8.42 Å². The van der Waals surface area contributed by atoms with Gasteiger partial charge in [0.05, 0.1) is 0 Å². The van der Waals surface area contributed by atoms with E-state index in [1.807, 2.05) is 14.1 Å². The van der Waals surface area contributed by atoms with E-state index >= 15 is 0 Å². The van der Waals surface area contributed by atoms with E-state index < -0.39 is 10.4 Å². The first kappa shape index (κ1) is 16.2. The van der Waals surface area contributed by atoms with Crippen molar-refractivity contribution in [2.75, 3.05) is 14.1 Å². The molecule has 1 radical (unpaired) electrons. The summed E-state index contributed by atoms with van der Waals surface area (Å²) in [7, 11) is -1.42. The van der Waals surface area contributed by atoms with Crippen LogP contribution in [-0.2, 0) is 27.5 Å². The van der Waals surface area contributed by atoms with Gasteiger partial charge in [0, 0.05) is 10.4 Å². The fourth-order valence-electron chi connectivity index (χ4n) is 0. The SMILES string of the molecule is CNC.O=S(=O)([O-])[O-].[Cu+2]. The Kier molecular flexibility index (Phi) is 15.0. The maximum Gasteiger partial charge on any atom is 2.00 e. The Morgan fingerprint density at radius 3 is 1.22 bits per heavy atom. The number of nitrogens with one attached hydrogen (secondary N) is 1. The molecular formula is C2H7CuNO4S. The molecule has 61 valence electrons. The second-order valence-electron chi connectivity index (χ2n) is 0.908. The summed E-state index contributed by atoms with van der Waals surface area (Å²) in [5.74, 6) is 0. The molecule has 0 aliphatic heterocycles. The molecule has 0 unspecified atom stereocenters. The Bertz CT molecular complexity index is 113. The van der Waals surface area contributed by atoms with Crippen molar-refractivity contribution in [1.29, 1.82) is 0 Å². The van der Waals surface area contributed by atoms with Crippen molar-refractivity contribution in [2.24, 2.45) is 0 Å². The molecule has 0 aromatic rings. The number of hydrogen-bond acceptors (Lipinski definition) is 5. The predicted octanol–water partition coefficient (Wildman–Crippen LogP) is -1.50. The summed E-state index contributed by atoms with van der Waals surface area (Å²) in [6.07, 6.45) is 0. The molecule has 9 heavy (non-hydrogen) atoms. The quantitative estimate of drug-likeness (QED) is 0.294. The van der Waals surface area contributed by atoms with E-state index in [1.165, 1.54) is 0 Å². The van der Waals surface area contributed by atoms with Gasteiger partial charge in [-0.2, -0.15) is 0 Å². The molecule has 0 saturated carbocycles. The normalized spacial score (nSPS) is 8.44. The van der Waals surface area contributed by atoms with Gasteiger partial charge in [-0.1, -0.05) is 0 Å². The summed E-state index contributed by atoms with van der Waals surface area (Å²) >= 11 is 0. The van der Waals surface area contributed by atoms with E-state index in [1.54, 1.807) is 0 Å². The first-order valence-electron chi connectivity index (χ1n) is 1.67. The Morgan fingerprint density at radius 2 is 1.22 bits per heavy atom. The van der Waals surface area contributed by atoms with Crippen molar-refractivity contribution in [2.45, 2.75) is 0 Å². The molecule has 0 aromatic heterocycles. The van der Waals surface area contributed by atoms with Gasteiger partial charge >= 0.3 is 17.1 Å². The van der Waals surface area contributed by atoms with Gasteiger partial charge in [0.15, 0.2) is 0 Å². The molecule has 0 heterocycles. The second-order valence-corrected chi connectivity index (χ2v) is 1.72. The molecule has 5 nitrogen and oxygen atoms in total. The monoisotopic (exact) mass is 204 g/mol. The van der Waals surface area contributed by atoms with Gasteiger partial charge in [-0.25, -0.2) is 0 Å². The molecule has 0 aliphatic rings. The van der Waals surface area contributed by atoms with Crippen molar-refractivity contribution in [3.8, 4) is 0 Å². The summed E-state index contributed by atoms with van der Waals surface area (Å²) in [6.45, 7) is 0. The minimum Gasteiger partial charge on any atom is -0.759 e. The largest absolute Gasteiger partial charge is 2.00 e. The van der Waals surface area contributed by atoms with Crippen LogP contribution in [0, 0.1) is 0 Å². The van der Waals surface area contributed by atoms with E-state index in [2.05, 4.69) is 5.32 Å². The van der Waals surface area contributed by atoms with E-state index in [0.717, 1.165) is 0 Å². The topological polar surface area (TPSA) is 92.3 Å². The zero-order chi connectivity index (χ0) is 7.21. The van der Waals surface area contributed by atoms with Gasteiger partial charge in [-0.15, -0.1) is 0 Å². The average Bonchev–Trinajstić information content (AvgIpc) is 1.27. The maximum absolute atomic E-state index is 8.52. The smallest absolute Gasteiger partial charge is 0.759 e. The van der Waals surface area contributed by atoms with Crippen LogP contribution in [0.2, 0.25) is 0 Å². The van der Waals surface area contributed by atoms with Gasteiger partial charge in [0.1, 0.15) is 0 Å². The molecule has 0 rings (SSSR count). The van der Waals surface area contributed by atoms with E-state index in [9.17, 15) is 0 Å². The molecule has 0 aliphatic carbocycles. The van der Waals surface area contributed by atoms with Crippen LogP contribution in [0.4, 0.5) is 0 Å². The predicted molar refractivity (Wildman–Crippen MR) is 25.5 cm³/mol. The Hall–Kier alpha value is 0.349. The number of hydrogen-bond donors (Lipinski definition) is 1. The fourth-order valence-corrected chi connectivity index (χ4v) is 0. The van der Waals surface area contributed by atoms with Crippen LogP contribution in [0.5, 0.6) is 0 Å². The summed E-state index contributed by atoms with van der Waals surface area (Å²) in [4.78, 5) is 0. The minimum absolute atomic E-state index is 0. The van der Waals surface area contributed by atoms with Crippen LogP contribution in [-0.4, -0.2) is 31.6 Å². The van der Waals surface area contributed by atoms with Crippen molar-refractivity contribution in [3.05, 3.63) is 0 Å². The summed E-state index contributed by atoms with van der Waals surface area (Å²) in [5.41, 5.74) is 0. The molecular weight excluding hydrogens is 198 g/mol. The van der Waals surface area contributed by atoms with Crippen molar-refractivity contribution in [1.82, 2.24) is 5.32 Å². The van der Waals surface area contributed by atoms with E-state index in [0.29, 0.717) is 0 Å². The molecule has 7 heteroatoms. The third-order valence-electron chi connectivity index (χ3n) is 0. The Labute approximate surface area is 64.9 Å². The molecule has 0 amide bonds. The zero-order valence-electron chi connectivity index (χ0n) is 4.84. The van der Waals surface area contributed by atoms with Crippen molar-refractivity contribution in [3.63, 3.8) is 0 Å². The van der Waals surface area contributed by atoms with Gasteiger partial charge in [0.25, 0.3) is 0 Å². The second kappa shape index (κ2) is 8.35. The van der Waals surface area contributed by atoms with Crippen molar-refractivity contribution >= 4 is 10.4 Å². The van der Waals surface area contributed by atoms with Crippen molar-refractivity contribution < 1.29 is 34.6 Å². The first-order valence-corrected chi connectivity index (χ1v) is 3.00. The maximum atomic E-state index is 8.52. The zero-order valence-corrected chi connectivity index (χ0v) is 6.60.